The van der Waals surface area contributed by atoms with Crippen molar-refractivity contribution in [3.8, 4) is 67.5 Å². The summed E-state index contributed by atoms with van der Waals surface area (Å²) in [5.74, 6) is 0.393. The zero-order valence-electron chi connectivity index (χ0n) is 42.1. The number of aromatic nitrogens is 3. The van der Waals surface area contributed by atoms with Crippen LogP contribution in [0.5, 0.6) is 0 Å². The third kappa shape index (κ3) is 5.65. The minimum absolute atomic E-state index is 0.0252. The van der Waals surface area contributed by atoms with Crippen molar-refractivity contribution in [2.24, 2.45) is 0 Å². The van der Waals surface area contributed by atoms with E-state index in [-0.39, 0.29) is 82.3 Å². The first kappa shape index (κ1) is 21.6. The Morgan fingerprint density at radius 2 is 1.04 bits per heavy atom. The Morgan fingerprint density at radius 1 is 0.411 bits per heavy atom. The molecule has 11 rings (SSSR count). The van der Waals surface area contributed by atoms with E-state index in [0.717, 1.165) is 33.6 Å². The molecule has 0 saturated carbocycles. The summed E-state index contributed by atoms with van der Waals surface area (Å²) in [7, 11) is 0. The van der Waals surface area contributed by atoms with E-state index in [0.29, 0.717) is 11.1 Å². The van der Waals surface area contributed by atoms with Crippen LogP contribution in [-0.2, 0) is 0 Å². The fourth-order valence-electron chi connectivity index (χ4n) is 6.83. The molecule has 0 fully saturated rings. The maximum atomic E-state index is 9.76. The maximum absolute atomic E-state index is 9.76. The van der Waals surface area contributed by atoms with E-state index in [1.807, 2.05) is 109 Å². The molecule has 56 heavy (non-hydrogen) atoms. The Labute approximate surface area is 345 Å². The predicted octanol–water partition coefficient (Wildman–Crippen LogP) is 14.1. The van der Waals surface area contributed by atoms with Crippen LogP contribution in [-0.4, -0.2) is 15.0 Å². The maximum Gasteiger partial charge on any atom is 0.164 e. The molecule has 0 atom stereocenters. The van der Waals surface area contributed by atoms with Gasteiger partial charge in [0.1, 0.15) is 11.2 Å². The lowest BCUT2D eigenvalue weighted by molar-refractivity contribution is 0.669. The fraction of sp³-hybridized carbons (Fsp3) is 0. The van der Waals surface area contributed by atoms with Gasteiger partial charge >= 0.3 is 0 Å². The summed E-state index contributed by atoms with van der Waals surface area (Å²) in [6.45, 7) is 0. The van der Waals surface area contributed by atoms with Crippen molar-refractivity contribution in [1.82, 2.24) is 15.0 Å². The van der Waals surface area contributed by atoms with Crippen LogP contribution in [0.1, 0.15) is 17.8 Å². The van der Waals surface area contributed by atoms with Crippen molar-refractivity contribution in [3.05, 3.63) is 188 Å². The molecule has 8 aromatic carbocycles. The second-order valence-corrected chi connectivity index (χ2v) is 14.0. The van der Waals surface area contributed by atoms with E-state index in [9.17, 15) is 8.22 Å². The lowest BCUT2D eigenvalue weighted by Gasteiger charge is -2.10. The number of nitrogens with zero attached hydrogens (tertiary/aromatic N) is 3. The van der Waals surface area contributed by atoms with Gasteiger partial charge in [0.25, 0.3) is 0 Å². The molecule has 5 heteroatoms. The van der Waals surface area contributed by atoms with Crippen LogP contribution >= 0.6 is 11.3 Å². The molecule has 0 N–H and O–H groups in total. The van der Waals surface area contributed by atoms with Gasteiger partial charge in [0.15, 0.2) is 17.5 Å². The van der Waals surface area contributed by atoms with Gasteiger partial charge in [0.05, 0.1) is 17.8 Å². The van der Waals surface area contributed by atoms with Crippen molar-refractivity contribution in [2.75, 3.05) is 0 Å². The molecule has 11 aromatic rings. The van der Waals surface area contributed by atoms with Gasteiger partial charge in [-0.15, -0.1) is 11.3 Å². The Bertz CT molecular complexity index is 3990. The van der Waals surface area contributed by atoms with Crippen LogP contribution in [0.15, 0.2) is 192 Å². The quantitative estimate of drug-likeness (QED) is 0.170. The Kier molecular flexibility index (Phi) is 5.12. The zero-order chi connectivity index (χ0) is 48.3. The van der Waals surface area contributed by atoms with Crippen molar-refractivity contribution < 1.29 is 22.2 Å². The third-order valence-electron chi connectivity index (χ3n) is 9.55. The van der Waals surface area contributed by atoms with E-state index >= 15 is 0 Å². The Morgan fingerprint density at radius 3 is 1.84 bits per heavy atom. The third-order valence-corrected chi connectivity index (χ3v) is 10.6. The summed E-state index contributed by atoms with van der Waals surface area (Å²) in [5.41, 5.74) is 3.60. The van der Waals surface area contributed by atoms with Crippen LogP contribution in [0.4, 0.5) is 0 Å². The molecule has 4 nitrogen and oxygen atoms in total. The summed E-state index contributed by atoms with van der Waals surface area (Å²) in [4.78, 5) is 14.6. The molecule has 3 aromatic heterocycles. The van der Waals surface area contributed by atoms with Crippen LogP contribution in [0.2, 0.25) is 0 Å². The molecule has 0 amide bonds. The van der Waals surface area contributed by atoms with Crippen LogP contribution in [0, 0.1) is 0 Å². The lowest BCUT2D eigenvalue weighted by Crippen LogP contribution is -2.00. The summed E-state index contributed by atoms with van der Waals surface area (Å²) >= 11 is 0.869. The predicted molar refractivity (Wildman–Crippen MR) is 233 cm³/mol. The van der Waals surface area contributed by atoms with Gasteiger partial charge in [-0.05, 0) is 69.7 Å². The van der Waals surface area contributed by atoms with Crippen molar-refractivity contribution in [2.45, 2.75) is 0 Å². The largest absolute Gasteiger partial charge is 0.456 e. The van der Waals surface area contributed by atoms with Crippen LogP contribution < -0.4 is 0 Å². The minimum atomic E-state index is -0.633. The number of furan rings is 1. The summed E-state index contributed by atoms with van der Waals surface area (Å²) < 4.78 is 123. The molecular formula is C51H31N3OS. The molecular weight excluding hydrogens is 703 g/mol. The standard InChI is InChI=1S/C51H31N3OS/c1-3-11-32(12-4-1)34-21-23-35(24-22-34)49-52-50(38-16-9-15-36(29-38)33-13-5-2-6-14-33)54-51(53-49)39-25-27-42-47(31-39)56-46-20-10-18-40(48(42)46)37-26-28-45-43(30-37)41-17-7-8-19-44(41)55-45/h1-31H/i7D,8D,10D,17D,18D,19D,20D,25D,26D,27D,28D,30D,31D. The van der Waals surface area contributed by atoms with Gasteiger partial charge in [-0.25, -0.2) is 15.0 Å². The Balaban J connectivity index is 1.17. The highest BCUT2D eigenvalue weighted by Gasteiger charge is 2.17. The molecule has 3 heterocycles. The number of hydrogen-bond donors (Lipinski definition) is 0. The van der Waals surface area contributed by atoms with E-state index in [1.54, 1.807) is 0 Å². The summed E-state index contributed by atoms with van der Waals surface area (Å²) in [5, 5.41) is -0.539. The average molecular weight is 747 g/mol. The van der Waals surface area contributed by atoms with E-state index < -0.39 is 72.5 Å². The van der Waals surface area contributed by atoms with Gasteiger partial charge < -0.3 is 4.42 Å². The van der Waals surface area contributed by atoms with Gasteiger partial charge in [0, 0.05) is 47.6 Å². The lowest BCUT2D eigenvalue weighted by atomic mass is 9.97. The number of fused-ring (bicyclic) bond motifs is 6. The van der Waals surface area contributed by atoms with Crippen LogP contribution in [0.25, 0.3) is 110 Å². The second-order valence-electron chi connectivity index (χ2n) is 13.0. The number of para-hydroxylation sites is 1. The van der Waals surface area contributed by atoms with Crippen molar-refractivity contribution in [1.29, 1.82) is 0 Å². The monoisotopic (exact) mass is 746 g/mol. The smallest absolute Gasteiger partial charge is 0.164 e. The highest BCUT2D eigenvalue weighted by molar-refractivity contribution is 7.26. The molecule has 0 unspecified atom stereocenters. The van der Waals surface area contributed by atoms with E-state index in [2.05, 4.69) is 0 Å². The highest BCUT2D eigenvalue weighted by atomic mass is 32.1. The molecule has 0 bridgehead atoms. The second kappa shape index (κ2) is 13.3. The summed E-state index contributed by atoms with van der Waals surface area (Å²) in [6, 6.07) is 27.9. The SMILES string of the molecule is [2H]c1c([2H])c([2H])c2c(oc3c([2H])c([2H])c(-c4c([2H])c([2H])c([2H])c5sc6c([2H])c(-c7nc(-c8ccc(-c9ccccc9)cc8)nc(-c8cccc(-c9ccccc9)c8)n7)c([2H])c([2H])c6c45)c([2H])c32)c1[2H]. The number of benzene rings is 8. The van der Waals surface area contributed by atoms with Crippen LogP contribution in [0.3, 0.4) is 0 Å². The molecule has 0 aliphatic rings. The first-order valence-corrected chi connectivity index (χ1v) is 18.4. The topological polar surface area (TPSA) is 51.8 Å². The number of hydrogen-bond acceptors (Lipinski definition) is 5. The molecule has 0 spiro atoms. The van der Waals surface area contributed by atoms with Crippen molar-refractivity contribution >= 4 is 53.4 Å². The normalized spacial score (nSPS) is 14.8. The first-order valence-electron chi connectivity index (χ1n) is 24.1. The first-order chi connectivity index (χ1) is 33.2. The summed E-state index contributed by atoms with van der Waals surface area (Å²) in [6.07, 6.45) is 0. The Hall–Kier alpha value is -7.21. The molecule has 0 radical (unpaired) electrons. The van der Waals surface area contributed by atoms with E-state index in [1.165, 1.54) is 0 Å². The molecule has 262 valence electrons. The molecule has 0 aliphatic carbocycles. The van der Waals surface area contributed by atoms with Gasteiger partial charge in [-0.1, -0.05) is 151 Å². The zero-order valence-corrected chi connectivity index (χ0v) is 29.9. The minimum Gasteiger partial charge on any atom is -0.456 e. The average Bonchev–Trinajstić information content (AvgIpc) is 3.99. The number of thiophene rings is 1. The molecule has 0 saturated heterocycles. The number of rotatable bonds is 6. The van der Waals surface area contributed by atoms with Gasteiger partial charge in [0.2, 0.25) is 0 Å². The van der Waals surface area contributed by atoms with Gasteiger partial charge in [-0.3, -0.25) is 0 Å². The fourth-order valence-corrected chi connectivity index (χ4v) is 7.85. The highest BCUT2D eigenvalue weighted by Crippen LogP contribution is 2.43. The van der Waals surface area contributed by atoms with Crippen molar-refractivity contribution in [3.63, 3.8) is 0 Å². The van der Waals surface area contributed by atoms with Gasteiger partial charge in [-0.2, -0.15) is 0 Å². The molecule has 0 aliphatic heterocycles. The van der Waals surface area contributed by atoms with E-state index in [4.69, 9.17) is 29.0 Å².